The van der Waals surface area contributed by atoms with Gasteiger partial charge in [-0.2, -0.15) is 35.1 Å². The second-order valence-corrected chi connectivity index (χ2v) is 8.18. The van der Waals surface area contributed by atoms with Crippen molar-refractivity contribution in [3.63, 3.8) is 0 Å². The number of amides is 2. The molecule has 0 saturated carbocycles. The zero-order valence-corrected chi connectivity index (χ0v) is 20.6. The number of rotatable bonds is 8. The van der Waals surface area contributed by atoms with E-state index in [0.29, 0.717) is 0 Å². The summed E-state index contributed by atoms with van der Waals surface area (Å²) in [5.41, 5.74) is -11.5. The molecule has 3 aromatic rings. The van der Waals surface area contributed by atoms with Gasteiger partial charge in [0.1, 0.15) is 17.2 Å². The summed E-state index contributed by atoms with van der Waals surface area (Å²) in [5.74, 6) is -7.31. The van der Waals surface area contributed by atoms with E-state index < -0.39 is 88.4 Å². The molecule has 7 nitrogen and oxygen atoms in total. The van der Waals surface area contributed by atoms with Gasteiger partial charge in [-0.3, -0.25) is 9.59 Å². The summed E-state index contributed by atoms with van der Waals surface area (Å²) in [6.45, 7) is -3.95. The van der Waals surface area contributed by atoms with Gasteiger partial charge < -0.3 is 25.2 Å². The Kier molecular flexibility index (Phi) is 8.83. The topological polar surface area (TPSA) is 96.9 Å². The molecule has 3 aromatic carbocycles. The molecule has 0 atom stereocenters. The second-order valence-electron chi connectivity index (χ2n) is 8.18. The van der Waals surface area contributed by atoms with Crippen molar-refractivity contribution in [3.05, 3.63) is 77.1 Å². The van der Waals surface area contributed by atoms with Crippen molar-refractivity contribution in [1.82, 2.24) is 0 Å². The number of benzene rings is 3. The van der Waals surface area contributed by atoms with Crippen LogP contribution in [0.15, 0.2) is 54.6 Å². The lowest BCUT2D eigenvalue weighted by Gasteiger charge is -2.31. The smallest absolute Gasteiger partial charge is 0.435 e. The van der Waals surface area contributed by atoms with E-state index >= 15 is 4.39 Å². The molecule has 226 valence electrons. The molecule has 3 rings (SSSR count). The fourth-order valence-electron chi connectivity index (χ4n) is 3.61. The first-order valence-corrected chi connectivity index (χ1v) is 11.1. The predicted octanol–water partition coefficient (Wildman–Crippen LogP) is 6.94. The lowest BCUT2D eigenvalue weighted by molar-refractivity contribution is -0.348. The molecule has 2 amide bonds. The number of anilines is 2. The molecule has 3 N–H and O–H groups in total. The maximum Gasteiger partial charge on any atom is 0.435 e. The number of methoxy groups -OCH3 is 1. The number of alkyl halides is 9. The van der Waals surface area contributed by atoms with Crippen molar-refractivity contribution < 1.29 is 68.1 Å². The summed E-state index contributed by atoms with van der Waals surface area (Å²) in [4.78, 5) is 25.4. The number of para-hydroxylation sites is 1. The molecule has 0 aliphatic heterocycles. The van der Waals surface area contributed by atoms with Gasteiger partial charge >= 0.3 is 24.6 Å². The summed E-state index contributed by atoms with van der Waals surface area (Å²) in [5, 5.41) is 13.9. The molecule has 0 heterocycles. The molecule has 0 bridgehead atoms. The maximum atomic E-state index is 15.2. The average Bonchev–Trinajstić information content (AvgIpc) is 2.89. The number of hydrogen-bond donors (Lipinski definition) is 3. The van der Waals surface area contributed by atoms with E-state index in [9.17, 15) is 54.2 Å². The highest BCUT2D eigenvalue weighted by Gasteiger charge is 2.73. The van der Waals surface area contributed by atoms with Gasteiger partial charge in [-0.15, -0.1) is 0 Å². The van der Waals surface area contributed by atoms with E-state index in [1.165, 1.54) is 31.4 Å². The van der Waals surface area contributed by atoms with Gasteiger partial charge in [0.2, 0.25) is 0 Å². The molecule has 17 heteroatoms. The van der Waals surface area contributed by atoms with Gasteiger partial charge in [-0.05, 0) is 36.4 Å². The minimum absolute atomic E-state index is 0.0466. The zero-order chi connectivity index (χ0) is 31.6. The third kappa shape index (κ3) is 6.13. The minimum Gasteiger partial charge on any atom is -0.506 e. The number of ether oxygens (including phenoxy) is 2. The van der Waals surface area contributed by atoms with Crippen LogP contribution in [0.4, 0.5) is 55.3 Å². The fourth-order valence-corrected chi connectivity index (χ4v) is 3.61. The number of carbonyl (C=O) groups excluding carboxylic acids is 2. The summed E-state index contributed by atoms with van der Waals surface area (Å²) in [7, 11) is 1.26. The van der Waals surface area contributed by atoms with E-state index in [-0.39, 0.29) is 11.3 Å². The van der Waals surface area contributed by atoms with E-state index in [1.54, 1.807) is 5.32 Å². The van der Waals surface area contributed by atoms with Crippen LogP contribution in [0.1, 0.15) is 26.3 Å². The van der Waals surface area contributed by atoms with Crippen molar-refractivity contribution >= 4 is 23.2 Å². The minimum atomic E-state index is -6.68. The molecular formula is C25H16F10N2O5. The average molecular weight is 614 g/mol. The SMILES string of the molecule is COc1ccccc1C(=O)Nc1cccc(C(=O)Nc2c(O)cc(C(F)(C(F)(F)F)C(F)(F)F)cc2OC(F)F)c1F. The van der Waals surface area contributed by atoms with E-state index in [4.69, 9.17) is 4.74 Å². The maximum absolute atomic E-state index is 15.2. The third-order valence-corrected chi connectivity index (χ3v) is 5.56. The van der Waals surface area contributed by atoms with Crippen molar-refractivity contribution in [3.8, 4) is 17.2 Å². The van der Waals surface area contributed by atoms with Gasteiger partial charge in [0.25, 0.3) is 11.8 Å². The molecule has 0 saturated heterocycles. The van der Waals surface area contributed by atoms with Gasteiger partial charge in [-0.1, -0.05) is 18.2 Å². The lowest BCUT2D eigenvalue weighted by atomic mass is 9.93. The molecule has 0 fully saturated rings. The standard InChI is InChI=1S/C25H16F10N2O5/c1-41-16-8-3-2-5-12(16)20(39)36-14-7-4-6-13(18(14)26)21(40)37-19-15(38)9-11(10-17(19)42-22(27)28)23(29,24(30,31)32)25(33,34)35/h2-10,22,38H,1H3,(H,36,39)(H,37,40). The number of phenols is 1. The van der Waals surface area contributed by atoms with Crippen molar-refractivity contribution in [2.75, 3.05) is 17.7 Å². The first-order chi connectivity index (χ1) is 19.4. The first-order valence-electron chi connectivity index (χ1n) is 11.1. The Balaban J connectivity index is 2.02. The monoisotopic (exact) mass is 614 g/mol. The Morgan fingerprint density at radius 1 is 0.810 bits per heavy atom. The third-order valence-electron chi connectivity index (χ3n) is 5.56. The first kappa shape index (κ1) is 31.8. The highest BCUT2D eigenvalue weighted by molar-refractivity contribution is 6.09. The van der Waals surface area contributed by atoms with Gasteiger partial charge in [0.15, 0.2) is 11.6 Å². The number of hydrogen-bond acceptors (Lipinski definition) is 5. The summed E-state index contributed by atoms with van der Waals surface area (Å²) in [6, 6.07) is 7.71. The molecule has 0 radical (unpaired) electrons. The van der Waals surface area contributed by atoms with Crippen molar-refractivity contribution in [1.29, 1.82) is 0 Å². The fraction of sp³-hybridized carbons (Fsp3) is 0.200. The highest BCUT2D eigenvalue weighted by atomic mass is 19.4. The molecular weight excluding hydrogens is 598 g/mol. The Morgan fingerprint density at radius 2 is 1.38 bits per heavy atom. The van der Waals surface area contributed by atoms with Crippen molar-refractivity contribution in [2.45, 2.75) is 24.6 Å². The van der Waals surface area contributed by atoms with E-state index in [1.807, 2.05) is 0 Å². The number of carbonyl (C=O) groups is 2. The quantitative estimate of drug-likeness (QED) is 0.189. The molecule has 0 unspecified atom stereocenters. The van der Waals surface area contributed by atoms with Crippen LogP contribution in [-0.4, -0.2) is 43.0 Å². The second kappa shape index (κ2) is 11.7. The van der Waals surface area contributed by atoms with Crippen LogP contribution in [-0.2, 0) is 5.67 Å². The summed E-state index contributed by atoms with van der Waals surface area (Å²) >= 11 is 0. The van der Waals surface area contributed by atoms with E-state index in [2.05, 4.69) is 10.1 Å². The number of halogens is 10. The lowest BCUT2D eigenvalue weighted by Crippen LogP contribution is -2.50. The molecule has 0 aromatic heterocycles. The van der Waals surface area contributed by atoms with Crippen LogP contribution in [0.2, 0.25) is 0 Å². The highest BCUT2D eigenvalue weighted by Crippen LogP contribution is 2.55. The van der Waals surface area contributed by atoms with Gasteiger partial charge in [0, 0.05) is 5.56 Å². The van der Waals surface area contributed by atoms with Crippen LogP contribution in [0.3, 0.4) is 0 Å². The Hall–Kier alpha value is -4.70. The van der Waals surface area contributed by atoms with Crippen LogP contribution < -0.4 is 20.1 Å². The Morgan fingerprint density at radius 3 is 1.95 bits per heavy atom. The molecule has 0 spiro atoms. The number of phenolic OH excluding ortho intramolecular Hbond substituents is 1. The van der Waals surface area contributed by atoms with E-state index in [0.717, 1.165) is 18.2 Å². The molecule has 0 aliphatic carbocycles. The van der Waals surface area contributed by atoms with Crippen LogP contribution in [0, 0.1) is 5.82 Å². The summed E-state index contributed by atoms with van der Waals surface area (Å²) in [6.07, 6.45) is -13.4. The van der Waals surface area contributed by atoms with Gasteiger partial charge in [0.05, 0.1) is 23.9 Å². The predicted molar refractivity (Wildman–Crippen MR) is 125 cm³/mol. The Labute approximate surface area is 228 Å². The largest absolute Gasteiger partial charge is 0.506 e. The van der Waals surface area contributed by atoms with Gasteiger partial charge in [-0.25, -0.2) is 8.78 Å². The van der Waals surface area contributed by atoms with Crippen LogP contribution in [0.5, 0.6) is 17.2 Å². The normalized spacial score (nSPS) is 12.2. The number of aromatic hydroxyl groups is 1. The number of nitrogens with one attached hydrogen (secondary N) is 2. The van der Waals surface area contributed by atoms with Crippen LogP contribution in [0.25, 0.3) is 0 Å². The summed E-state index contributed by atoms with van der Waals surface area (Å²) < 4.78 is 143. The van der Waals surface area contributed by atoms with Crippen LogP contribution >= 0.6 is 0 Å². The van der Waals surface area contributed by atoms with Crippen molar-refractivity contribution in [2.24, 2.45) is 0 Å². The molecule has 0 aliphatic rings. The molecule has 42 heavy (non-hydrogen) atoms. The Bertz CT molecular complexity index is 1480. The zero-order valence-electron chi connectivity index (χ0n) is 20.6.